The van der Waals surface area contributed by atoms with Gasteiger partial charge in [-0.15, -0.1) is 11.3 Å². The van der Waals surface area contributed by atoms with Gasteiger partial charge in [-0.25, -0.2) is 4.79 Å². The average molecular weight is 417 g/mol. The Kier molecular flexibility index (Phi) is 6.73. The highest BCUT2D eigenvalue weighted by atomic mass is 32.1. The number of thiocarbonyl (C=S) groups is 1. The van der Waals surface area contributed by atoms with E-state index in [0.717, 1.165) is 29.8 Å². The molecule has 0 aliphatic heterocycles. The molecule has 0 saturated carbocycles. The number of carbonyl (C=O) groups excluding carboxylic acids is 1. The number of esters is 1. The Hall–Kier alpha value is -1.92. The molecule has 4 nitrogen and oxygen atoms in total. The summed E-state index contributed by atoms with van der Waals surface area (Å²) in [7, 11) is 1.44. The van der Waals surface area contributed by atoms with Gasteiger partial charge in [0.25, 0.3) is 0 Å². The minimum atomic E-state index is -0.285. The van der Waals surface area contributed by atoms with Crippen LogP contribution in [0.4, 0.5) is 5.00 Å². The molecule has 1 aromatic carbocycles. The molecule has 6 heteroatoms. The van der Waals surface area contributed by atoms with E-state index in [-0.39, 0.29) is 12.0 Å². The van der Waals surface area contributed by atoms with Gasteiger partial charge >= 0.3 is 5.97 Å². The third kappa shape index (κ3) is 4.55. The van der Waals surface area contributed by atoms with E-state index in [0.29, 0.717) is 10.7 Å². The van der Waals surface area contributed by atoms with Crippen molar-refractivity contribution in [2.75, 3.05) is 12.4 Å². The fourth-order valence-electron chi connectivity index (χ4n) is 3.79. The molecular formula is C22H28N2O2S2. The van der Waals surface area contributed by atoms with Crippen LogP contribution in [0.25, 0.3) is 0 Å². The molecule has 1 atom stereocenters. The molecule has 0 fully saturated rings. The number of ether oxygens (including phenoxy) is 1. The van der Waals surface area contributed by atoms with Crippen LogP contribution in [0.1, 0.15) is 69.7 Å². The maximum atomic E-state index is 12.5. The van der Waals surface area contributed by atoms with Crippen molar-refractivity contribution in [3.8, 4) is 0 Å². The number of benzene rings is 1. The van der Waals surface area contributed by atoms with Crippen LogP contribution in [-0.4, -0.2) is 18.2 Å². The quantitative estimate of drug-likeness (QED) is 0.393. The second-order valence-corrected chi connectivity index (χ2v) is 8.95. The lowest BCUT2D eigenvalue weighted by Gasteiger charge is -2.19. The van der Waals surface area contributed by atoms with Crippen LogP contribution in [0.5, 0.6) is 0 Å². The number of nitrogens with one attached hydrogen (secondary N) is 2. The SMILES string of the molecule is COC(=O)c1c(NC(=S)NC(C)c2cc(C)ccc2C)sc2c1CCCCC2. The average Bonchev–Trinajstić information content (AvgIpc) is 2.83. The summed E-state index contributed by atoms with van der Waals surface area (Å²) in [6.07, 6.45) is 5.43. The molecule has 1 aliphatic carbocycles. The van der Waals surface area contributed by atoms with Crippen molar-refractivity contribution in [1.29, 1.82) is 0 Å². The molecule has 150 valence electrons. The molecule has 0 saturated heterocycles. The standard InChI is InChI=1S/C22H28N2O2S2/c1-13-10-11-14(2)17(12-13)15(3)23-22(27)24-20-19(21(25)26-4)16-8-6-5-7-9-18(16)28-20/h10-12,15H,5-9H2,1-4H3,(H2,23,24,27). The number of hydrogen-bond acceptors (Lipinski definition) is 4. The van der Waals surface area contributed by atoms with E-state index < -0.39 is 0 Å². The van der Waals surface area contributed by atoms with Gasteiger partial charge in [-0.3, -0.25) is 0 Å². The van der Waals surface area contributed by atoms with E-state index in [4.69, 9.17) is 17.0 Å². The van der Waals surface area contributed by atoms with Gasteiger partial charge in [-0.2, -0.15) is 0 Å². The summed E-state index contributed by atoms with van der Waals surface area (Å²) in [5.41, 5.74) is 5.48. The summed E-state index contributed by atoms with van der Waals surface area (Å²) >= 11 is 7.21. The Bertz CT molecular complexity index is 889. The van der Waals surface area contributed by atoms with Crippen molar-refractivity contribution in [2.24, 2.45) is 0 Å². The molecule has 1 aliphatic rings. The number of thiophene rings is 1. The van der Waals surface area contributed by atoms with Crippen molar-refractivity contribution < 1.29 is 9.53 Å². The smallest absolute Gasteiger partial charge is 0.341 e. The van der Waals surface area contributed by atoms with Crippen molar-refractivity contribution >= 4 is 39.6 Å². The first-order valence-electron chi connectivity index (χ1n) is 9.78. The Labute approximate surface area is 176 Å². The number of fused-ring (bicyclic) bond motifs is 1. The monoisotopic (exact) mass is 416 g/mol. The number of carbonyl (C=O) groups is 1. The van der Waals surface area contributed by atoms with E-state index in [9.17, 15) is 4.79 Å². The van der Waals surface area contributed by atoms with Crippen LogP contribution in [0.2, 0.25) is 0 Å². The zero-order valence-corrected chi connectivity index (χ0v) is 18.6. The maximum Gasteiger partial charge on any atom is 0.341 e. The number of anilines is 1. The Morgan fingerprint density at radius 3 is 2.71 bits per heavy atom. The lowest BCUT2D eigenvalue weighted by atomic mass is 10.0. The Morgan fingerprint density at radius 2 is 1.96 bits per heavy atom. The minimum Gasteiger partial charge on any atom is -0.465 e. The van der Waals surface area contributed by atoms with Crippen LogP contribution >= 0.6 is 23.6 Å². The highest BCUT2D eigenvalue weighted by molar-refractivity contribution is 7.80. The van der Waals surface area contributed by atoms with Gasteiger partial charge in [0.15, 0.2) is 5.11 Å². The van der Waals surface area contributed by atoms with E-state index in [2.05, 4.69) is 49.6 Å². The molecule has 0 bridgehead atoms. The fraction of sp³-hybridized carbons (Fsp3) is 0.455. The maximum absolute atomic E-state index is 12.5. The third-order valence-electron chi connectivity index (χ3n) is 5.29. The molecule has 2 aromatic rings. The summed E-state index contributed by atoms with van der Waals surface area (Å²) in [6.45, 7) is 6.29. The summed E-state index contributed by atoms with van der Waals surface area (Å²) in [5, 5.41) is 7.96. The molecular weight excluding hydrogens is 388 g/mol. The zero-order valence-electron chi connectivity index (χ0n) is 17.0. The molecule has 1 unspecified atom stereocenters. The van der Waals surface area contributed by atoms with Crippen molar-refractivity contribution in [2.45, 2.75) is 58.9 Å². The highest BCUT2D eigenvalue weighted by Gasteiger charge is 2.26. The molecule has 1 heterocycles. The summed E-state index contributed by atoms with van der Waals surface area (Å²) in [6, 6.07) is 6.50. The van der Waals surface area contributed by atoms with Crippen LogP contribution < -0.4 is 10.6 Å². The Balaban J connectivity index is 1.80. The second-order valence-electron chi connectivity index (χ2n) is 7.44. The number of rotatable bonds is 4. The fourth-order valence-corrected chi connectivity index (χ4v) is 5.41. The van der Waals surface area contributed by atoms with E-state index in [1.807, 2.05) is 0 Å². The topological polar surface area (TPSA) is 50.4 Å². The van der Waals surface area contributed by atoms with Gasteiger partial charge in [-0.05, 0) is 75.4 Å². The molecule has 3 rings (SSSR count). The molecule has 1 aromatic heterocycles. The predicted octanol–water partition coefficient (Wildman–Crippen LogP) is 5.47. The third-order valence-corrected chi connectivity index (χ3v) is 6.71. The summed E-state index contributed by atoms with van der Waals surface area (Å²) < 4.78 is 5.07. The van der Waals surface area contributed by atoms with E-state index in [1.54, 1.807) is 11.3 Å². The lowest BCUT2D eigenvalue weighted by molar-refractivity contribution is 0.0601. The van der Waals surface area contributed by atoms with E-state index in [1.165, 1.54) is 41.5 Å². The highest BCUT2D eigenvalue weighted by Crippen LogP contribution is 2.38. The van der Waals surface area contributed by atoms with Gasteiger partial charge in [0.2, 0.25) is 0 Å². The van der Waals surface area contributed by atoms with Gasteiger partial charge in [0, 0.05) is 4.88 Å². The summed E-state index contributed by atoms with van der Waals surface area (Å²) in [4.78, 5) is 13.8. The van der Waals surface area contributed by atoms with E-state index >= 15 is 0 Å². The minimum absolute atomic E-state index is 0.0688. The van der Waals surface area contributed by atoms with Crippen LogP contribution in [-0.2, 0) is 17.6 Å². The van der Waals surface area contributed by atoms with Gasteiger partial charge < -0.3 is 15.4 Å². The molecule has 2 N–H and O–H groups in total. The van der Waals surface area contributed by atoms with Gasteiger partial charge in [-0.1, -0.05) is 30.2 Å². The number of hydrogen-bond donors (Lipinski definition) is 2. The molecule has 28 heavy (non-hydrogen) atoms. The molecule has 0 spiro atoms. The normalized spacial score (nSPS) is 14.6. The van der Waals surface area contributed by atoms with Crippen LogP contribution in [0.3, 0.4) is 0 Å². The molecule has 0 radical (unpaired) electrons. The number of aryl methyl sites for hydroxylation is 3. The van der Waals surface area contributed by atoms with Gasteiger partial charge in [0.05, 0.1) is 18.7 Å². The zero-order chi connectivity index (χ0) is 20.3. The molecule has 0 amide bonds. The summed E-state index contributed by atoms with van der Waals surface area (Å²) in [5.74, 6) is -0.285. The van der Waals surface area contributed by atoms with Crippen LogP contribution in [0, 0.1) is 13.8 Å². The van der Waals surface area contributed by atoms with Gasteiger partial charge in [0.1, 0.15) is 5.00 Å². The van der Waals surface area contributed by atoms with Crippen molar-refractivity contribution in [1.82, 2.24) is 5.32 Å². The van der Waals surface area contributed by atoms with Crippen molar-refractivity contribution in [3.63, 3.8) is 0 Å². The second kappa shape index (κ2) is 9.05. The predicted molar refractivity (Wildman–Crippen MR) is 121 cm³/mol. The first-order valence-corrected chi connectivity index (χ1v) is 11.0. The first kappa shape index (κ1) is 20.8. The van der Waals surface area contributed by atoms with Crippen LogP contribution in [0.15, 0.2) is 18.2 Å². The number of methoxy groups -OCH3 is 1. The Morgan fingerprint density at radius 1 is 1.21 bits per heavy atom. The first-order chi connectivity index (χ1) is 13.4. The lowest BCUT2D eigenvalue weighted by Crippen LogP contribution is -2.31. The largest absolute Gasteiger partial charge is 0.465 e. The van der Waals surface area contributed by atoms with Crippen molar-refractivity contribution in [3.05, 3.63) is 50.9 Å².